The standard InChI is InChI=1S/C31H23OS2/c32-31(24-12-4-1-5-13-24)25-20-22-26(23-21-25)33-29-18-10-11-19-30(29)34(27-14-6-2-7-15-27)28-16-8-3-9-17-28/h1-23H/q+1. The maximum atomic E-state index is 12.8. The molecule has 0 spiro atoms. The third-order valence-corrected chi connectivity index (χ3v) is 8.90. The van der Waals surface area contributed by atoms with E-state index in [1.165, 1.54) is 19.6 Å². The van der Waals surface area contributed by atoms with Crippen LogP contribution in [0.25, 0.3) is 0 Å². The minimum absolute atomic E-state index is 0.0484. The van der Waals surface area contributed by atoms with Crippen LogP contribution in [0.3, 0.4) is 0 Å². The summed E-state index contributed by atoms with van der Waals surface area (Å²) in [7, 11) is -0.211. The summed E-state index contributed by atoms with van der Waals surface area (Å²) in [5, 5.41) is 0. The summed E-state index contributed by atoms with van der Waals surface area (Å²) in [5.74, 6) is 0.0484. The molecule has 0 fully saturated rings. The fraction of sp³-hybridized carbons (Fsp3) is 0. The van der Waals surface area contributed by atoms with Gasteiger partial charge in [0.05, 0.1) is 4.90 Å². The van der Waals surface area contributed by atoms with Crippen LogP contribution in [-0.2, 0) is 10.9 Å². The second-order valence-electron chi connectivity index (χ2n) is 7.70. The van der Waals surface area contributed by atoms with Crippen molar-refractivity contribution in [2.45, 2.75) is 24.5 Å². The molecule has 0 aliphatic rings. The van der Waals surface area contributed by atoms with Crippen LogP contribution in [0.15, 0.2) is 164 Å². The molecule has 0 saturated heterocycles. The van der Waals surface area contributed by atoms with E-state index in [4.69, 9.17) is 0 Å². The van der Waals surface area contributed by atoms with Crippen LogP contribution in [0.4, 0.5) is 0 Å². The summed E-state index contributed by atoms with van der Waals surface area (Å²) in [6.45, 7) is 0. The monoisotopic (exact) mass is 475 g/mol. The van der Waals surface area contributed by atoms with E-state index >= 15 is 0 Å². The molecule has 1 nitrogen and oxygen atoms in total. The van der Waals surface area contributed by atoms with E-state index in [0.717, 1.165) is 4.90 Å². The number of rotatable bonds is 7. The molecule has 34 heavy (non-hydrogen) atoms. The normalized spacial score (nSPS) is 10.9. The van der Waals surface area contributed by atoms with E-state index in [9.17, 15) is 4.79 Å². The Balaban J connectivity index is 1.47. The van der Waals surface area contributed by atoms with Gasteiger partial charge in [0.25, 0.3) is 0 Å². The van der Waals surface area contributed by atoms with Gasteiger partial charge < -0.3 is 0 Å². The number of hydrogen-bond donors (Lipinski definition) is 0. The number of carbonyl (C=O) groups excluding carboxylic acids is 1. The average molecular weight is 476 g/mol. The van der Waals surface area contributed by atoms with Crippen LogP contribution >= 0.6 is 11.8 Å². The minimum Gasteiger partial charge on any atom is -0.289 e. The molecule has 0 aliphatic carbocycles. The van der Waals surface area contributed by atoms with E-state index < -0.39 is 0 Å². The molecule has 0 saturated carbocycles. The molecule has 5 aromatic rings. The van der Waals surface area contributed by atoms with Gasteiger partial charge in [-0.05, 0) is 60.7 Å². The average Bonchev–Trinajstić information content (AvgIpc) is 2.92. The van der Waals surface area contributed by atoms with Crippen LogP contribution in [0.2, 0.25) is 0 Å². The van der Waals surface area contributed by atoms with Gasteiger partial charge in [0.1, 0.15) is 10.9 Å². The predicted octanol–water partition coefficient (Wildman–Crippen LogP) is 8.16. The molecule has 164 valence electrons. The van der Waals surface area contributed by atoms with E-state index in [0.29, 0.717) is 11.1 Å². The summed E-state index contributed by atoms with van der Waals surface area (Å²) in [6, 6.07) is 47.4. The van der Waals surface area contributed by atoms with Crippen LogP contribution < -0.4 is 0 Å². The van der Waals surface area contributed by atoms with E-state index in [1.54, 1.807) is 11.8 Å². The topological polar surface area (TPSA) is 17.1 Å². The highest BCUT2D eigenvalue weighted by Gasteiger charge is 2.31. The van der Waals surface area contributed by atoms with Gasteiger partial charge >= 0.3 is 0 Å². The minimum atomic E-state index is -0.211. The molecule has 0 atom stereocenters. The maximum Gasteiger partial charge on any atom is 0.193 e. The van der Waals surface area contributed by atoms with Gasteiger partial charge in [0.15, 0.2) is 20.5 Å². The predicted molar refractivity (Wildman–Crippen MR) is 142 cm³/mol. The largest absolute Gasteiger partial charge is 0.289 e. The Morgan fingerprint density at radius 2 is 0.971 bits per heavy atom. The zero-order chi connectivity index (χ0) is 23.2. The van der Waals surface area contributed by atoms with Crippen molar-refractivity contribution < 1.29 is 4.79 Å². The first-order valence-corrected chi connectivity index (χ1v) is 13.1. The highest BCUT2D eigenvalue weighted by atomic mass is 32.2. The van der Waals surface area contributed by atoms with Crippen molar-refractivity contribution in [1.29, 1.82) is 0 Å². The van der Waals surface area contributed by atoms with Crippen molar-refractivity contribution in [3.05, 3.63) is 151 Å². The van der Waals surface area contributed by atoms with Gasteiger partial charge in [-0.2, -0.15) is 0 Å². The molecule has 0 aliphatic heterocycles. The van der Waals surface area contributed by atoms with Crippen molar-refractivity contribution in [2.24, 2.45) is 0 Å². The Morgan fingerprint density at radius 3 is 1.56 bits per heavy atom. The highest BCUT2D eigenvalue weighted by molar-refractivity contribution is 8.01. The molecule has 0 unspecified atom stereocenters. The highest BCUT2D eigenvalue weighted by Crippen LogP contribution is 2.39. The molecule has 5 rings (SSSR count). The van der Waals surface area contributed by atoms with Gasteiger partial charge in [-0.25, -0.2) is 0 Å². The van der Waals surface area contributed by atoms with Gasteiger partial charge in [0, 0.05) is 16.0 Å². The number of carbonyl (C=O) groups is 1. The zero-order valence-corrected chi connectivity index (χ0v) is 20.1. The Morgan fingerprint density at radius 1 is 0.500 bits per heavy atom. The first kappa shape index (κ1) is 22.3. The third kappa shape index (κ3) is 5.01. The molecular formula is C31H23OS2+. The summed E-state index contributed by atoms with van der Waals surface area (Å²) in [4.78, 5) is 19.0. The first-order valence-electron chi connectivity index (χ1n) is 11.1. The van der Waals surface area contributed by atoms with Crippen LogP contribution in [-0.4, -0.2) is 5.78 Å². The van der Waals surface area contributed by atoms with Gasteiger partial charge in [-0.15, -0.1) is 0 Å². The molecule has 0 amide bonds. The Hall–Kier alpha value is -3.53. The van der Waals surface area contributed by atoms with Crippen molar-refractivity contribution in [3.8, 4) is 0 Å². The Labute approximate surface area is 207 Å². The van der Waals surface area contributed by atoms with Crippen molar-refractivity contribution in [2.75, 3.05) is 0 Å². The SMILES string of the molecule is O=C(c1ccccc1)c1ccc(Sc2ccccc2[S+](c2ccccc2)c2ccccc2)cc1. The fourth-order valence-corrected chi connectivity index (χ4v) is 7.10. The van der Waals surface area contributed by atoms with Crippen molar-refractivity contribution in [1.82, 2.24) is 0 Å². The van der Waals surface area contributed by atoms with E-state index in [1.807, 2.05) is 54.6 Å². The van der Waals surface area contributed by atoms with Crippen LogP contribution in [0.5, 0.6) is 0 Å². The fourth-order valence-electron chi connectivity index (χ4n) is 3.76. The molecule has 3 heteroatoms. The molecule has 0 heterocycles. The number of hydrogen-bond acceptors (Lipinski definition) is 2. The molecular weight excluding hydrogens is 452 g/mol. The lowest BCUT2D eigenvalue weighted by atomic mass is 10.0. The second-order valence-corrected chi connectivity index (χ2v) is 10.8. The zero-order valence-electron chi connectivity index (χ0n) is 18.5. The number of ketones is 1. The number of benzene rings is 5. The summed E-state index contributed by atoms with van der Waals surface area (Å²) in [5.41, 5.74) is 1.42. The summed E-state index contributed by atoms with van der Waals surface area (Å²) in [6.07, 6.45) is 0. The maximum absolute atomic E-state index is 12.8. The van der Waals surface area contributed by atoms with Crippen molar-refractivity contribution >= 4 is 28.4 Å². The van der Waals surface area contributed by atoms with E-state index in [2.05, 4.69) is 84.9 Å². The lowest BCUT2D eigenvalue weighted by molar-refractivity contribution is 0.103. The Bertz CT molecular complexity index is 1330. The Kier molecular flexibility index (Phi) is 6.94. The van der Waals surface area contributed by atoms with Crippen LogP contribution in [0, 0.1) is 0 Å². The van der Waals surface area contributed by atoms with Gasteiger partial charge in [-0.1, -0.05) is 90.6 Å². The molecule has 0 N–H and O–H groups in total. The lowest BCUT2D eigenvalue weighted by Crippen LogP contribution is -2.06. The molecule has 0 radical (unpaired) electrons. The van der Waals surface area contributed by atoms with Gasteiger partial charge in [-0.3, -0.25) is 4.79 Å². The molecule has 0 bridgehead atoms. The quantitative estimate of drug-likeness (QED) is 0.174. The van der Waals surface area contributed by atoms with Crippen molar-refractivity contribution in [3.63, 3.8) is 0 Å². The smallest absolute Gasteiger partial charge is 0.193 e. The summed E-state index contributed by atoms with van der Waals surface area (Å²) >= 11 is 1.74. The lowest BCUT2D eigenvalue weighted by Gasteiger charge is -2.12. The second kappa shape index (κ2) is 10.6. The first-order chi connectivity index (χ1) is 16.8. The van der Waals surface area contributed by atoms with Crippen LogP contribution in [0.1, 0.15) is 15.9 Å². The third-order valence-electron chi connectivity index (χ3n) is 5.41. The molecule has 0 aromatic heterocycles. The van der Waals surface area contributed by atoms with Gasteiger partial charge in [0.2, 0.25) is 0 Å². The van der Waals surface area contributed by atoms with E-state index in [-0.39, 0.29) is 16.7 Å². The summed E-state index contributed by atoms with van der Waals surface area (Å²) < 4.78 is 0. The molecule has 5 aromatic carbocycles.